The molecule has 0 radical (unpaired) electrons. The molecule has 1 heterocycles. The number of hydrogen-bond donors (Lipinski definition) is 0. The van der Waals surface area contributed by atoms with Crippen molar-refractivity contribution in [3.05, 3.63) is 20.8 Å². The second kappa shape index (κ2) is 7.92. The third-order valence-corrected chi connectivity index (χ3v) is 4.61. The zero-order valence-corrected chi connectivity index (χ0v) is 13.5. The molecule has 0 aromatic carbocycles. The zero-order valence-electron chi connectivity index (χ0n) is 11.1. The van der Waals surface area contributed by atoms with Crippen molar-refractivity contribution in [3.63, 3.8) is 0 Å². The normalized spacial score (nSPS) is 12.7. The molecule has 18 heavy (non-hydrogen) atoms. The summed E-state index contributed by atoms with van der Waals surface area (Å²) >= 11 is 5.23. The predicted octanol–water partition coefficient (Wildman–Crippen LogP) is 3.18. The second-order valence-corrected chi connectivity index (χ2v) is 6.89. The molecule has 5 heteroatoms. The highest BCUT2D eigenvalue weighted by atomic mass is 79.9. The molecule has 0 fully saturated rings. The molecule has 1 atom stereocenters. The molecule has 0 saturated heterocycles. The van der Waals surface area contributed by atoms with Crippen LogP contribution in [-0.4, -0.2) is 38.1 Å². The molecule has 102 valence electrons. The van der Waals surface area contributed by atoms with Crippen LogP contribution >= 0.6 is 27.3 Å². The van der Waals surface area contributed by atoms with E-state index in [1.807, 2.05) is 14.0 Å². The Morgan fingerprint density at radius 3 is 2.78 bits per heavy atom. The van der Waals surface area contributed by atoms with E-state index in [0.717, 1.165) is 25.9 Å². The number of hydrogen-bond acceptors (Lipinski definition) is 4. The molecule has 0 aliphatic rings. The number of rotatable bonds is 7. The number of esters is 1. The molecule has 1 rings (SSSR count). The van der Waals surface area contributed by atoms with E-state index >= 15 is 0 Å². The van der Waals surface area contributed by atoms with Crippen LogP contribution in [0.2, 0.25) is 0 Å². The van der Waals surface area contributed by atoms with Gasteiger partial charge in [-0.15, -0.1) is 11.3 Å². The first kappa shape index (κ1) is 15.7. The van der Waals surface area contributed by atoms with Crippen molar-refractivity contribution >= 4 is 33.2 Å². The molecule has 0 aliphatic carbocycles. The summed E-state index contributed by atoms with van der Waals surface area (Å²) in [5.41, 5.74) is 0. The lowest BCUT2D eigenvalue weighted by Gasteiger charge is -2.21. The van der Waals surface area contributed by atoms with Gasteiger partial charge in [0.15, 0.2) is 0 Å². The minimum Gasteiger partial charge on any atom is -0.469 e. The average molecular weight is 334 g/mol. The van der Waals surface area contributed by atoms with Crippen LogP contribution in [0, 0.1) is 5.92 Å². The van der Waals surface area contributed by atoms with Crippen LogP contribution in [0.4, 0.5) is 0 Å². The molecule has 1 aromatic heterocycles. The summed E-state index contributed by atoms with van der Waals surface area (Å²) < 4.78 is 5.97. The quantitative estimate of drug-likeness (QED) is 0.717. The first-order valence-corrected chi connectivity index (χ1v) is 7.68. The highest BCUT2D eigenvalue weighted by Crippen LogP contribution is 2.22. The van der Waals surface area contributed by atoms with Gasteiger partial charge in [-0.3, -0.25) is 4.79 Å². The fraction of sp³-hybridized carbons (Fsp3) is 0.615. The summed E-state index contributed by atoms with van der Waals surface area (Å²) in [6.45, 7) is 3.74. The summed E-state index contributed by atoms with van der Waals surface area (Å²) in [6, 6.07) is 4.21. The van der Waals surface area contributed by atoms with Crippen LogP contribution in [0.3, 0.4) is 0 Å². The van der Waals surface area contributed by atoms with Gasteiger partial charge in [-0.05, 0) is 48.0 Å². The Labute approximate surface area is 121 Å². The number of ether oxygens (including phenoxy) is 1. The first-order valence-electron chi connectivity index (χ1n) is 6.07. The lowest BCUT2D eigenvalue weighted by atomic mass is 10.1. The van der Waals surface area contributed by atoms with Gasteiger partial charge in [0.1, 0.15) is 0 Å². The Bertz CT molecular complexity index is 381. The fourth-order valence-electron chi connectivity index (χ4n) is 1.79. The van der Waals surface area contributed by atoms with Crippen LogP contribution in [0.5, 0.6) is 0 Å². The van der Waals surface area contributed by atoms with Gasteiger partial charge >= 0.3 is 5.97 Å². The maximum Gasteiger partial charge on any atom is 0.309 e. The molecule has 3 nitrogen and oxygen atoms in total. The van der Waals surface area contributed by atoms with E-state index in [0.29, 0.717) is 0 Å². The van der Waals surface area contributed by atoms with Gasteiger partial charge in [0.25, 0.3) is 0 Å². The van der Waals surface area contributed by atoms with Crippen molar-refractivity contribution < 1.29 is 9.53 Å². The molecule has 0 N–H and O–H groups in total. The van der Waals surface area contributed by atoms with Crippen LogP contribution in [0.1, 0.15) is 18.2 Å². The molecule has 0 saturated carbocycles. The van der Waals surface area contributed by atoms with E-state index in [9.17, 15) is 4.79 Å². The zero-order chi connectivity index (χ0) is 13.5. The lowest BCUT2D eigenvalue weighted by Crippen LogP contribution is -2.32. The number of nitrogens with zero attached hydrogens (tertiary/aromatic N) is 1. The Morgan fingerprint density at radius 1 is 1.56 bits per heavy atom. The smallest absolute Gasteiger partial charge is 0.309 e. The molecule has 0 aliphatic heterocycles. The van der Waals surface area contributed by atoms with Gasteiger partial charge in [0.05, 0.1) is 16.8 Å². The first-order chi connectivity index (χ1) is 8.56. The summed E-state index contributed by atoms with van der Waals surface area (Å²) in [4.78, 5) is 15.1. The van der Waals surface area contributed by atoms with Crippen LogP contribution in [0.15, 0.2) is 15.9 Å². The maximum absolute atomic E-state index is 11.5. The van der Waals surface area contributed by atoms with Crippen molar-refractivity contribution in [1.82, 2.24) is 4.90 Å². The number of carbonyl (C=O) groups excluding carboxylic acids is 1. The summed E-state index contributed by atoms with van der Waals surface area (Å²) in [5, 5.41) is 0. The minimum atomic E-state index is -0.108. The largest absolute Gasteiger partial charge is 0.469 e. The molecular formula is C13H20BrNO2S. The van der Waals surface area contributed by atoms with Crippen molar-refractivity contribution in [3.8, 4) is 0 Å². The van der Waals surface area contributed by atoms with E-state index in [2.05, 4.69) is 33.0 Å². The number of likely N-dealkylation sites (N-methyl/N-ethyl adjacent to an activating group) is 1. The van der Waals surface area contributed by atoms with Gasteiger partial charge in [-0.2, -0.15) is 0 Å². The average Bonchev–Trinajstić information content (AvgIpc) is 2.78. The van der Waals surface area contributed by atoms with E-state index in [1.165, 1.54) is 15.8 Å². The summed E-state index contributed by atoms with van der Waals surface area (Å²) in [5.74, 6) is -0.127. The van der Waals surface area contributed by atoms with E-state index in [1.54, 1.807) is 11.3 Å². The van der Waals surface area contributed by atoms with Gasteiger partial charge in [0.2, 0.25) is 0 Å². The molecular weight excluding hydrogens is 314 g/mol. The van der Waals surface area contributed by atoms with Gasteiger partial charge in [0, 0.05) is 18.0 Å². The Kier molecular flexibility index (Phi) is 6.89. The second-order valence-electron chi connectivity index (χ2n) is 4.35. The van der Waals surface area contributed by atoms with Crippen molar-refractivity contribution in [2.75, 3.05) is 27.2 Å². The van der Waals surface area contributed by atoms with Gasteiger partial charge in [-0.25, -0.2) is 0 Å². The topological polar surface area (TPSA) is 29.5 Å². The third kappa shape index (κ3) is 5.08. The van der Waals surface area contributed by atoms with E-state index in [-0.39, 0.29) is 11.9 Å². The highest BCUT2D eigenvalue weighted by molar-refractivity contribution is 9.11. The number of methoxy groups -OCH3 is 1. The lowest BCUT2D eigenvalue weighted by molar-refractivity contribution is -0.146. The van der Waals surface area contributed by atoms with Crippen LogP contribution in [0.25, 0.3) is 0 Å². The predicted molar refractivity (Wildman–Crippen MR) is 79.0 cm³/mol. The van der Waals surface area contributed by atoms with Crippen molar-refractivity contribution in [1.29, 1.82) is 0 Å². The van der Waals surface area contributed by atoms with Gasteiger partial charge in [-0.1, -0.05) is 6.92 Å². The standard InChI is InChI=1S/C13H20BrNO2S/c1-4-10(13(16)17-3)9-15(2)8-7-11-5-6-12(14)18-11/h5-6,10H,4,7-9H2,1-3H3. The van der Waals surface area contributed by atoms with Crippen molar-refractivity contribution in [2.45, 2.75) is 19.8 Å². The van der Waals surface area contributed by atoms with E-state index in [4.69, 9.17) is 4.74 Å². The summed E-state index contributed by atoms with van der Waals surface area (Å²) in [6.07, 6.45) is 1.84. The van der Waals surface area contributed by atoms with Crippen LogP contribution < -0.4 is 0 Å². The van der Waals surface area contributed by atoms with Gasteiger partial charge < -0.3 is 9.64 Å². The maximum atomic E-state index is 11.5. The Balaban J connectivity index is 2.36. The number of halogens is 1. The monoisotopic (exact) mass is 333 g/mol. The minimum absolute atomic E-state index is 0.0185. The highest BCUT2D eigenvalue weighted by Gasteiger charge is 2.18. The number of carbonyl (C=O) groups is 1. The number of thiophene rings is 1. The Morgan fingerprint density at radius 2 is 2.28 bits per heavy atom. The van der Waals surface area contributed by atoms with Crippen LogP contribution in [-0.2, 0) is 16.0 Å². The summed E-state index contributed by atoms with van der Waals surface area (Å²) in [7, 11) is 3.50. The SMILES string of the molecule is CCC(CN(C)CCc1ccc(Br)s1)C(=O)OC. The van der Waals surface area contributed by atoms with E-state index < -0.39 is 0 Å². The Hall–Kier alpha value is -0.390. The molecule has 1 unspecified atom stereocenters. The molecule has 0 amide bonds. The molecule has 1 aromatic rings. The third-order valence-electron chi connectivity index (χ3n) is 2.93. The molecule has 0 spiro atoms. The molecule has 0 bridgehead atoms. The fourth-order valence-corrected chi connectivity index (χ4v) is 3.26. The van der Waals surface area contributed by atoms with Crippen molar-refractivity contribution in [2.24, 2.45) is 5.92 Å².